The molecule has 1 atom stereocenters. The molecule has 0 saturated carbocycles. The second kappa shape index (κ2) is 5.98. The Hall–Kier alpha value is -0.910. The minimum Gasteiger partial charge on any atom is -0.464 e. The fraction of sp³-hybridized carbons (Fsp3) is 0.778. The van der Waals surface area contributed by atoms with Crippen molar-refractivity contribution in [2.45, 2.75) is 32.2 Å². The summed E-state index contributed by atoms with van der Waals surface area (Å²) in [6, 6.07) is -1.13. The maximum atomic E-state index is 12.4. The zero-order chi connectivity index (χ0) is 12.9. The average molecular weight is 258 g/mol. The minimum absolute atomic E-state index is 0.106. The van der Waals surface area contributed by atoms with Crippen molar-refractivity contribution in [1.82, 2.24) is 5.32 Å². The van der Waals surface area contributed by atoms with E-state index < -0.39 is 23.3 Å². The second-order valence-corrected chi connectivity index (χ2v) is 3.92. The molecule has 0 aliphatic heterocycles. The van der Waals surface area contributed by atoms with Crippen LogP contribution in [0.25, 0.3) is 0 Å². The predicted octanol–water partition coefficient (Wildman–Crippen LogP) is 1.52. The van der Waals surface area contributed by atoms with E-state index in [9.17, 15) is 18.4 Å². The smallest absolute Gasteiger partial charge is 0.399 e. The van der Waals surface area contributed by atoms with E-state index in [4.69, 9.17) is 0 Å². The first kappa shape index (κ1) is 15.1. The Morgan fingerprint density at radius 3 is 2.25 bits per heavy atom. The van der Waals surface area contributed by atoms with E-state index in [1.165, 1.54) is 0 Å². The number of carbonyl (C=O) groups is 2. The number of halogens is 3. The van der Waals surface area contributed by atoms with Gasteiger partial charge in [0.25, 0.3) is 0 Å². The van der Waals surface area contributed by atoms with Gasteiger partial charge in [-0.1, -0.05) is 13.8 Å². The first-order valence-electron chi connectivity index (χ1n) is 4.74. The van der Waals surface area contributed by atoms with Crippen molar-refractivity contribution < 1.29 is 23.1 Å². The molecule has 0 saturated heterocycles. The summed E-state index contributed by atoms with van der Waals surface area (Å²) in [7, 11) is 0. The lowest BCUT2D eigenvalue weighted by Gasteiger charge is -2.21. The van der Waals surface area contributed by atoms with Crippen LogP contribution in [0.15, 0.2) is 0 Å². The predicted molar refractivity (Wildman–Crippen MR) is 54.2 cm³/mol. The average Bonchev–Trinajstić information content (AvgIpc) is 2.11. The standard InChI is InChI=1S/C9H14ClF2NO3/c1-4-16-7(14)6(5(2)3)13-8(15)9(10,11)12/h5-6H,4H2,1-3H3,(H,13,15). The molecule has 1 amide bonds. The lowest BCUT2D eigenvalue weighted by Crippen LogP contribution is -2.49. The SMILES string of the molecule is CCOC(=O)C(NC(=O)C(F)(F)Cl)C(C)C. The number of ether oxygens (including phenoxy) is 1. The number of rotatable bonds is 5. The molecule has 16 heavy (non-hydrogen) atoms. The van der Waals surface area contributed by atoms with Gasteiger partial charge in [-0.25, -0.2) is 4.79 Å². The van der Waals surface area contributed by atoms with Crippen molar-refractivity contribution in [3.63, 3.8) is 0 Å². The number of carbonyl (C=O) groups excluding carboxylic acids is 2. The van der Waals surface area contributed by atoms with E-state index in [1.807, 2.05) is 5.32 Å². The molecule has 94 valence electrons. The Bertz CT molecular complexity index is 266. The van der Waals surface area contributed by atoms with E-state index >= 15 is 0 Å². The number of amides is 1. The van der Waals surface area contributed by atoms with Gasteiger partial charge in [0.2, 0.25) is 0 Å². The molecule has 0 fully saturated rings. The third-order valence-electron chi connectivity index (χ3n) is 1.75. The van der Waals surface area contributed by atoms with Gasteiger partial charge < -0.3 is 10.1 Å². The van der Waals surface area contributed by atoms with E-state index in [0.717, 1.165) is 0 Å². The van der Waals surface area contributed by atoms with Gasteiger partial charge in [-0.15, -0.1) is 0 Å². The first-order valence-corrected chi connectivity index (χ1v) is 5.12. The number of alkyl halides is 3. The van der Waals surface area contributed by atoms with Crippen LogP contribution >= 0.6 is 11.6 Å². The molecule has 7 heteroatoms. The molecule has 1 unspecified atom stereocenters. The molecule has 0 aliphatic rings. The summed E-state index contributed by atoms with van der Waals surface area (Å²) in [5, 5.41) is -2.18. The van der Waals surface area contributed by atoms with Crippen molar-refractivity contribution in [3.8, 4) is 0 Å². The Morgan fingerprint density at radius 2 is 1.94 bits per heavy atom. The van der Waals surface area contributed by atoms with Crippen molar-refractivity contribution in [2.24, 2.45) is 5.92 Å². The topological polar surface area (TPSA) is 55.4 Å². The van der Waals surface area contributed by atoms with Crippen LogP contribution in [0.3, 0.4) is 0 Å². The summed E-state index contributed by atoms with van der Waals surface area (Å²) in [4.78, 5) is 22.2. The summed E-state index contributed by atoms with van der Waals surface area (Å²) in [6.07, 6.45) is 0. The number of esters is 1. The number of hydrogen-bond donors (Lipinski definition) is 1. The normalized spacial score (nSPS) is 13.4. The molecule has 0 aliphatic carbocycles. The Morgan fingerprint density at radius 1 is 1.44 bits per heavy atom. The van der Waals surface area contributed by atoms with Gasteiger partial charge in [-0.3, -0.25) is 4.79 Å². The monoisotopic (exact) mass is 257 g/mol. The van der Waals surface area contributed by atoms with Crippen LogP contribution in [-0.2, 0) is 14.3 Å². The van der Waals surface area contributed by atoms with E-state index in [1.54, 1.807) is 20.8 Å². The lowest BCUT2D eigenvalue weighted by molar-refractivity contribution is -0.151. The van der Waals surface area contributed by atoms with Crippen LogP contribution in [-0.4, -0.2) is 29.9 Å². The van der Waals surface area contributed by atoms with E-state index in [-0.39, 0.29) is 12.5 Å². The molecule has 0 aromatic carbocycles. The largest absolute Gasteiger partial charge is 0.464 e. The Labute approximate surface area is 97.3 Å². The molecule has 0 radical (unpaired) electrons. The second-order valence-electron chi connectivity index (χ2n) is 3.44. The van der Waals surface area contributed by atoms with E-state index in [0.29, 0.717) is 0 Å². The highest BCUT2D eigenvalue weighted by atomic mass is 35.5. The van der Waals surface area contributed by atoms with Crippen molar-refractivity contribution in [3.05, 3.63) is 0 Å². The van der Waals surface area contributed by atoms with Crippen LogP contribution in [0.2, 0.25) is 0 Å². The zero-order valence-electron chi connectivity index (χ0n) is 9.22. The van der Waals surface area contributed by atoms with Crippen LogP contribution in [0.4, 0.5) is 8.78 Å². The fourth-order valence-electron chi connectivity index (χ4n) is 0.953. The summed E-state index contributed by atoms with van der Waals surface area (Å²) in [5.74, 6) is -2.84. The van der Waals surface area contributed by atoms with Crippen LogP contribution in [0.5, 0.6) is 0 Å². The summed E-state index contributed by atoms with van der Waals surface area (Å²) < 4.78 is 29.4. The van der Waals surface area contributed by atoms with Crippen LogP contribution in [0, 0.1) is 5.92 Å². The third-order valence-corrected chi connectivity index (χ3v) is 1.92. The maximum Gasteiger partial charge on any atom is 0.399 e. The quantitative estimate of drug-likeness (QED) is 0.600. The van der Waals surface area contributed by atoms with Crippen molar-refractivity contribution in [1.29, 1.82) is 0 Å². The highest BCUT2D eigenvalue weighted by molar-refractivity contribution is 6.32. The molecular weight excluding hydrogens is 244 g/mol. The van der Waals surface area contributed by atoms with Gasteiger partial charge in [0.15, 0.2) is 0 Å². The maximum absolute atomic E-state index is 12.4. The van der Waals surface area contributed by atoms with Gasteiger partial charge in [0.05, 0.1) is 6.61 Å². The molecule has 0 aromatic heterocycles. The Kier molecular flexibility index (Phi) is 5.64. The molecule has 0 heterocycles. The first-order chi connectivity index (χ1) is 7.20. The van der Waals surface area contributed by atoms with E-state index in [2.05, 4.69) is 16.3 Å². The van der Waals surface area contributed by atoms with Crippen LogP contribution in [0.1, 0.15) is 20.8 Å². The summed E-state index contributed by atoms with van der Waals surface area (Å²) in [6.45, 7) is 4.87. The Balaban J connectivity index is 4.59. The highest BCUT2D eigenvalue weighted by Crippen LogP contribution is 2.19. The molecule has 4 nitrogen and oxygen atoms in total. The molecule has 0 aromatic rings. The van der Waals surface area contributed by atoms with Crippen molar-refractivity contribution >= 4 is 23.5 Å². The minimum atomic E-state index is -4.03. The molecular formula is C9H14ClF2NO3. The molecule has 0 rings (SSSR count). The van der Waals surface area contributed by atoms with Gasteiger partial charge in [0.1, 0.15) is 6.04 Å². The van der Waals surface area contributed by atoms with Crippen LogP contribution < -0.4 is 5.32 Å². The van der Waals surface area contributed by atoms with Gasteiger partial charge in [-0.2, -0.15) is 8.78 Å². The van der Waals surface area contributed by atoms with Gasteiger partial charge in [-0.05, 0) is 24.4 Å². The molecule has 0 bridgehead atoms. The van der Waals surface area contributed by atoms with Gasteiger partial charge >= 0.3 is 17.3 Å². The number of nitrogens with one attached hydrogen (secondary N) is 1. The summed E-state index contributed by atoms with van der Waals surface area (Å²) in [5.41, 5.74) is 0. The lowest BCUT2D eigenvalue weighted by atomic mass is 10.0. The summed E-state index contributed by atoms with van der Waals surface area (Å²) >= 11 is 4.52. The van der Waals surface area contributed by atoms with Gasteiger partial charge in [0, 0.05) is 0 Å². The highest BCUT2D eigenvalue weighted by Gasteiger charge is 2.39. The molecule has 1 N–H and O–H groups in total. The zero-order valence-corrected chi connectivity index (χ0v) is 9.98. The molecule has 0 spiro atoms. The van der Waals surface area contributed by atoms with Crippen molar-refractivity contribution in [2.75, 3.05) is 6.61 Å². The number of hydrogen-bond acceptors (Lipinski definition) is 3. The fourth-order valence-corrected chi connectivity index (χ4v) is 1.01. The third kappa shape index (κ3) is 4.74.